The predicted octanol–water partition coefficient (Wildman–Crippen LogP) is 6.47. The van der Waals surface area contributed by atoms with Crippen LogP contribution in [0.25, 0.3) is 0 Å². The summed E-state index contributed by atoms with van der Waals surface area (Å²) in [6.45, 7) is 13.7. The Bertz CT molecular complexity index is 880. The lowest BCUT2D eigenvalue weighted by molar-refractivity contribution is -0.163. The molecule has 198 valence electrons. The molecule has 0 aromatic rings. The number of hydrogen-bond acceptors (Lipinski definition) is 5. The van der Waals surface area contributed by atoms with E-state index in [1.807, 2.05) is 0 Å². The van der Waals surface area contributed by atoms with Gasteiger partial charge in [-0.2, -0.15) is 0 Å². The number of ether oxygens (including phenoxy) is 3. The molecule has 0 radical (unpaired) electrons. The molecule has 5 heteroatoms. The molecule has 0 bridgehead atoms. The molecule has 35 heavy (non-hydrogen) atoms. The average Bonchev–Trinajstić information content (AvgIpc) is 3.44. The van der Waals surface area contributed by atoms with E-state index in [1.54, 1.807) is 7.11 Å². The number of methoxy groups -OCH3 is 1. The van der Waals surface area contributed by atoms with E-state index in [9.17, 15) is 9.59 Å². The summed E-state index contributed by atoms with van der Waals surface area (Å²) in [5.41, 5.74) is -0.576. The third-order valence-corrected chi connectivity index (χ3v) is 12.0. The number of carbonyl (C=O) groups excluding carboxylic acids is 2. The molecule has 0 amide bonds. The molecule has 3 aliphatic carbocycles. The molecule has 5 fully saturated rings. The van der Waals surface area contributed by atoms with Crippen molar-refractivity contribution in [3.63, 3.8) is 0 Å². The maximum absolute atomic E-state index is 13.1. The zero-order valence-corrected chi connectivity index (χ0v) is 23.2. The minimum Gasteiger partial charge on any atom is -0.469 e. The molecule has 0 N–H and O–H groups in total. The van der Waals surface area contributed by atoms with Crippen LogP contribution in [0.5, 0.6) is 0 Å². The van der Waals surface area contributed by atoms with Crippen molar-refractivity contribution in [2.75, 3.05) is 7.11 Å². The molecule has 2 aliphatic heterocycles. The molecule has 5 nitrogen and oxygen atoms in total. The van der Waals surface area contributed by atoms with Gasteiger partial charge in [-0.25, -0.2) is 0 Å². The first-order valence-corrected chi connectivity index (χ1v) is 14.4. The number of carbonyl (C=O) groups is 2. The normalized spacial score (nSPS) is 46.4. The van der Waals surface area contributed by atoms with E-state index < -0.39 is 5.60 Å². The first kappa shape index (κ1) is 25.5. The molecule has 0 aromatic heterocycles. The van der Waals surface area contributed by atoms with E-state index in [1.165, 1.54) is 0 Å². The lowest BCUT2D eigenvalue weighted by Crippen LogP contribution is -2.61. The van der Waals surface area contributed by atoms with Gasteiger partial charge in [0.05, 0.1) is 13.0 Å². The molecule has 0 spiro atoms. The van der Waals surface area contributed by atoms with Gasteiger partial charge in [0.2, 0.25) is 0 Å². The topological polar surface area (TPSA) is 65.1 Å². The summed E-state index contributed by atoms with van der Waals surface area (Å²) in [5.74, 6) is 1.64. The van der Waals surface area contributed by atoms with Crippen molar-refractivity contribution < 1.29 is 23.8 Å². The van der Waals surface area contributed by atoms with E-state index in [-0.39, 0.29) is 39.9 Å². The van der Waals surface area contributed by atoms with E-state index >= 15 is 0 Å². The van der Waals surface area contributed by atoms with Crippen LogP contribution in [0.3, 0.4) is 0 Å². The fourth-order valence-electron chi connectivity index (χ4n) is 10.1. The summed E-state index contributed by atoms with van der Waals surface area (Å²) in [5, 5.41) is 0. The van der Waals surface area contributed by atoms with Gasteiger partial charge in [0.1, 0.15) is 16.8 Å². The Morgan fingerprint density at radius 3 is 2.43 bits per heavy atom. The van der Waals surface area contributed by atoms with Crippen molar-refractivity contribution in [3.8, 4) is 0 Å². The van der Waals surface area contributed by atoms with Crippen LogP contribution >= 0.6 is 0 Å². The Morgan fingerprint density at radius 1 is 1.00 bits per heavy atom. The molecule has 5 aliphatic rings. The lowest BCUT2D eigenvalue weighted by atomic mass is 9.43. The van der Waals surface area contributed by atoms with Crippen LogP contribution in [0.2, 0.25) is 0 Å². The second-order valence-electron chi connectivity index (χ2n) is 14.0. The summed E-state index contributed by atoms with van der Waals surface area (Å²) in [6.07, 6.45) is 11.0. The van der Waals surface area contributed by atoms with Crippen LogP contribution in [0.4, 0.5) is 0 Å². The Labute approximate surface area is 212 Å². The largest absolute Gasteiger partial charge is 0.469 e. The van der Waals surface area contributed by atoms with Crippen molar-refractivity contribution in [2.24, 2.45) is 40.4 Å². The smallest absolute Gasteiger partial charge is 0.308 e. The van der Waals surface area contributed by atoms with E-state index in [2.05, 4.69) is 41.5 Å². The highest BCUT2D eigenvalue weighted by molar-refractivity contribution is 5.73. The van der Waals surface area contributed by atoms with Crippen molar-refractivity contribution in [3.05, 3.63) is 0 Å². The number of fused-ring (bicyclic) bond motifs is 2. The van der Waals surface area contributed by atoms with Crippen LogP contribution in [-0.4, -0.2) is 35.9 Å². The first-order chi connectivity index (χ1) is 16.4. The fraction of sp³-hybridized carbons (Fsp3) is 0.933. The Hall–Kier alpha value is -1.10. The fourth-order valence-corrected chi connectivity index (χ4v) is 10.1. The number of cyclic esters (lactones) is 1. The summed E-state index contributed by atoms with van der Waals surface area (Å²) in [7, 11) is 1.56. The van der Waals surface area contributed by atoms with Crippen LogP contribution < -0.4 is 0 Å². The second-order valence-corrected chi connectivity index (χ2v) is 14.0. The van der Waals surface area contributed by atoms with Crippen molar-refractivity contribution in [1.29, 1.82) is 0 Å². The average molecular weight is 489 g/mol. The maximum atomic E-state index is 13.1. The van der Waals surface area contributed by atoms with E-state index in [0.717, 1.165) is 64.2 Å². The third-order valence-electron chi connectivity index (χ3n) is 12.0. The monoisotopic (exact) mass is 488 g/mol. The molecular formula is C30H48O5. The zero-order chi connectivity index (χ0) is 25.4. The highest BCUT2D eigenvalue weighted by atomic mass is 16.6. The zero-order valence-electron chi connectivity index (χ0n) is 23.2. The molecule has 3 saturated carbocycles. The van der Waals surface area contributed by atoms with Crippen LogP contribution in [0.15, 0.2) is 0 Å². The second kappa shape index (κ2) is 8.20. The van der Waals surface area contributed by atoms with Crippen LogP contribution in [-0.2, 0) is 23.8 Å². The van der Waals surface area contributed by atoms with E-state index in [0.29, 0.717) is 30.1 Å². The summed E-state index contributed by atoms with van der Waals surface area (Å²) >= 11 is 0. The Morgan fingerprint density at radius 2 is 1.74 bits per heavy atom. The molecule has 2 heterocycles. The lowest BCUT2D eigenvalue weighted by Gasteiger charge is -2.57. The summed E-state index contributed by atoms with van der Waals surface area (Å²) in [4.78, 5) is 25.5. The minimum absolute atomic E-state index is 0.0137. The van der Waals surface area contributed by atoms with Gasteiger partial charge in [0.15, 0.2) is 0 Å². The summed E-state index contributed by atoms with van der Waals surface area (Å²) < 4.78 is 18.4. The molecule has 0 unspecified atom stereocenters. The molecular weight excluding hydrogens is 440 g/mol. The Balaban J connectivity index is 1.45. The molecule has 5 rings (SSSR count). The number of epoxide rings is 1. The first-order valence-electron chi connectivity index (χ1n) is 14.4. The van der Waals surface area contributed by atoms with Gasteiger partial charge in [-0.05, 0) is 88.4 Å². The molecule has 0 aromatic carbocycles. The number of hydrogen-bond donors (Lipinski definition) is 0. The van der Waals surface area contributed by atoms with E-state index in [4.69, 9.17) is 14.2 Å². The quantitative estimate of drug-likeness (QED) is 0.317. The van der Waals surface area contributed by atoms with Gasteiger partial charge in [0, 0.05) is 17.8 Å². The maximum Gasteiger partial charge on any atom is 0.308 e. The SMILES string of the molecule is COC(=O)[C@@H](CCCC(C)C)[C@@H]1CC[C@]2(C)[C@]34CC[C@@H]5[C@H](CCC(=O)OC5(C)C)[C@@]3(CC[C@@]12C)O4. The van der Waals surface area contributed by atoms with Crippen molar-refractivity contribution in [2.45, 2.75) is 129 Å². The van der Waals surface area contributed by atoms with Crippen molar-refractivity contribution >= 4 is 11.9 Å². The minimum atomic E-state index is -0.433. The highest BCUT2D eigenvalue weighted by Crippen LogP contribution is 2.83. The molecule has 8 atom stereocenters. The van der Waals surface area contributed by atoms with Gasteiger partial charge in [-0.15, -0.1) is 0 Å². The third kappa shape index (κ3) is 3.35. The van der Waals surface area contributed by atoms with Gasteiger partial charge in [-0.3, -0.25) is 9.59 Å². The van der Waals surface area contributed by atoms with Crippen molar-refractivity contribution in [1.82, 2.24) is 0 Å². The van der Waals surface area contributed by atoms with Gasteiger partial charge in [0.25, 0.3) is 0 Å². The number of esters is 2. The van der Waals surface area contributed by atoms with Gasteiger partial charge in [-0.1, -0.05) is 40.5 Å². The number of rotatable bonds is 6. The molecule has 2 saturated heterocycles. The Kier molecular flexibility index (Phi) is 5.98. The summed E-state index contributed by atoms with van der Waals surface area (Å²) in [6, 6.07) is 0. The standard InChI is InChI=1S/C30H48O5/c1-19(2)9-8-10-20(25(32)33-7)21-13-15-28(6)27(21,5)17-18-29-23-11-12-24(31)34-26(3,4)22(23)14-16-30(28,29)35-29/h19-23H,8-18H2,1-7H3/t20-,21-,22+,23-,27-,28-,29+,30+/m0/s1. The van der Waals surface area contributed by atoms with Gasteiger partial charge >= 0.3 is 11.9 Å². The van der Waals surface area contributed by atoms with Gasteiger partial charge < -0.3 is 14.2 Å². The highest BCUT2D eigenvalue weighted by Gasteiger charge is 2.87. The van der Waals surface area contributed by atoms with Crippen LogP contribution in [0.1, 0.15) is 112 Å². The predicted molar refractivity (Wildman–Crippen MR) is 135 cm³/mol. The van der Waals surface area contributed by atoms with Crippen LogP contribution in [0, 0.1) is 40.4 Å².